The van der Waals surface area contributed by atoms with Crippen molar-refractivity contribution >= 4 is 34.4 Å². The molecule has 0 aliphatic carbocycles. The van der Waals surface area contributed by atoms with E-state index in [1.807, 2.05) is 19.9 Å². The van der Waals surface area contributed by atoms with Crippen LogP contribution in [0.5, 0.6) is 5.75 Å². The van der Waals surface area contributed by atoms with Crippen molar-refractivity contribution < 1.29 is 33.4 Å². The minimum absolute atomic E-state index is 0.0332. The number of ether oxygens (including phenoxy) is 2. The number of nitrogens with two attached hydrogens (primary N) is 1. The van der Waals surface area contributed by atoms with E-state index in [9.17, 15) is 23.9 Å². The van der Waals surface area contributed by atoms with E-state index in [1.165, 1.54) is 37.3 Å². The Labute approximate surface area is 269 Å². The minimum atomic E-state index is -1.74. The van der Waals surface area contributed by atoms with E-state index in [-0.39, 0.29) is 30.5 Å². The normalized spacial score (nSPS) is 18.4. The van der Waals surface area contributed by atoms with Crippen molar-refractivity contribution in [3.8, 4) is 17.0 Å². The molecule has 0 radical (unpaired) electrons. The number of aliphatic hydroxyl groups is 1. The Morgan fingerprint density at radius 3 is 2.49 bits per heavy atom. The number of carbonyl (C=O) groups is 3. The summed E-state index contributed by atoms with van der Waals surface area (Å²) in [6.07, 6.45) is 0. The van der Waals surface area contributed by atoms with Gasteiger partial charge in [0, 0.05) is 27.8 Å². The summed E-state index contributed by atoms with van der Waals surface area (Å²) >= 11 is 0. The molecular weight excluding hydrogens is 607 g/mol. The molecule has 4 aromatic rings. The van der Waals surface area contributed by atoms with Crippen molar-refractivity contribution in [2.24, 2.45) is 5.73 Å². The number of hydrogen-bond acceptors (Lipinski definition) is 8. The molecule has 0 spiro atoms. The van der Waals surface area contributed by atoms with Crippen molar-refractivity contribution in [1.29, 1.82) is 0 Å². The Bertz CT molecular complexity index is 1930. The molecule has 244 valence electrons. The van der Waals surface area contributed by atoms with Gasteiger partial charge in [0.25, 0.3) is 5.91 Å². The van der Waals surface area contributed by atoms with Gasteiger partial charge in [-0.3, -0.25) is 14.6 Å². The van der Waals surface area contributed by atoms with Gasteiger partial charge in [-0.25, -0.2) is 14.2 Å². The highest BCUT2D eigenvalue weighted by Gasteiger charge is 2.45. The zero-order chi connectivity index (χ0) is 33.7. The molecule has 47 heavy (non-hydrogen) atoms. The number of rotatable bonds is 8. The highest BCUT2D eigenvalue weighted by atomic mass is 19.1. The van der Waals surface area contributed by atoms with E-state index >= 15 is 0 Å². The molecule has 0 saturated carbocycles. The van der Waals surface area contributed by atoms with Crippen LogP contribution in [0.25, 0.3) is 22.2 Å². The fourth-order valence-electron chi connectivity index (χ4n) is 5.49. The SMILES string of the molecule is Cc1cc2cc(C(=O)NC[C@](C)(O)c3cc4c(c(-c5ccc(F)cc5)n3)OC[C@]4(C)C(N)=O)cc(NC(=O)NC3COC3)c2nc1C. The van der Waals surface area contributed by atoms with E-state index in [4.69, 9.17) is 15.2 Å². The van der Waals surface area contributed by atoms with E-state index in [2.05, 4.69) is 25.9 Å². The molecule has 2 aromatic heterocycles. The minimum Gasteiger partial charge on any atom is -0.489 e. The number of aryl methyl sites for hydroxylation is 2. The maximum Gasteiger partial charge on any atom is 0.319 e. The third kappa shape index (κ3) is 6.07. The molecule has 2 atom stereocenters. The summed E-state index contributed by atoms with van der Waals surface area (Å²) in [6.45, 7) is 7.42. The van der Waals surface area contributed by atoms with E-state index in [1.54, 1.807) is 19.1 Å². The molecule has 2 aliphatic rings. The molecule has 13 heteroatoms. The number of fused-ring (bicyclic) bond motifs is 2. The third-order valence-corrected chi connectivity index (χ3v) is 8.72. The number of primary amides is 1. The topological polar surface area (TPSA) is 178 Å². The van der Waals surface area contributed by atoms with Crippen LogP contribution in [0.15, 0.2) is 48.5 Å². The van der Waals surface area contributed by atoms with Gasteiger partial charge in [0.2, 0.25) is 5.91 Å². The number of carbonyl (C=O) groups excluding carboxylic acids is 3. The number of halogens is 1. The molecular formula is C34H35FN6O6. The zero-order valence-electron chi connectivity index (χ0n) is 26.4. The van der Waals surface area contributed by atoms with Crippen LogP contribution in [0, 0.1) is 19.7 Å². The van der Waals surface area contributed by atoms with Crippen molar-refractivity contribution in [3.05, 3.63) is 82.4 Å². The molecule has 1 fully saturated rings. The Balaban J connectivity index is 1.31. The molecule has 4 heterocycles. The second-order valence-corrected chi connectivity index (χ2v) is 12.5. The Morgan fingerprint density at radius 1 is 1.11 bits per heavy atom. The van der Waals surface area contributed by atoms with Gasteiger partial charge in [-0.05, 0) is 81.8 Å². The van der Waals surface area contributed by atoms with Gasteiger partial charge in [-0.15, -0.1) is 0 Å². The number of amides is 4. The van der Waals surface area contributed by atoms with E-state index in [0.29, 0.717) is 52.4 Å². The molecule has 0 bridgehead atoms. The van der Waals surface area contributed by atoms with Gasteiger partial charge in [-0.2, -0.15) is 0 Å². The number of nitrogens with one attached hydrogen (secondary N) is 3. The Kier molecular flexibility index (Phi) is 8.06. The second kappa shape index (κ2) is 11.9. The van der Waals surface area contributed by atoms with Crippen LogP contribution in [0.3, 0.4) is 0 Å². The standard InChI is InChI=1S/C34H35FN6O6/c1-17-9-20-10-21(11-25(27(20)38-18(17)2)40-32(44)39-23-13-46-14-23)30(42)37-15-34(4,45)26-12-24-29(47-16-33(24,3)31(36)43)28(41-26)19-5-7-22(35)8-6-19/h5-12,23,45H,13-16H2,1-4H3,(H2,36,43)(H,37,42)(H2,39,40,44)/t33-,34-/m0/s1. The second-order valence-electron chi connectivity index (χ2n) is 12.5. The molecule has 0 unspecified atom stereocenters. The first-order chi connectivity index (χ1) is 22.2. The maximum atomic E-state index is 13.7. The molecule has 2 aromatic carbocycles. The van der Waals surface area contributed by atoms with Crippen LogP contribution >= 0.6 is 0 Å². The van der Waals surface area contributed by atoms with Crippen LogP contribution < -0.4 is 26.4 Å². The maximum absolute atomic E-state index is 13.7. The lowest BCUT2D eigenvalue weighted by Gasteiger charge is -2.27. The summed E-state index contributed by atoms with van der Waals surface area (Å²) in [6, 6.07) is 11.7. The number of urea groups is 1. The van der Waals surface area contributed by atoms with Gasteiger partial charge in [0.15, 0.2) is 0 Å². The van der Waals surface area contributed by atoms with Crippen molar-refractivity contribution in [1.82, 2.24) is 20.6 Å². The van der Waals surface area contributed by atoms with Gasteiger partial charge in [0.05, 0.1) is 42.7 Å². The smallest absolute Gasteiger partial charge is 0.319 e. The lowest BCUT2D eigenvalue weighted by Crippen LogP contribution is -2.50. The summed E-state index contributed by atoms with van der Waals surface area (Å²) in [5.41, 5.74) is 6.96. The summed E-state index contributed by atoms with van der Waals surface area (Å²) < 4.78 is 24.7. The number of aromatic nitrogens is 2. The summed E-state index contributed by atoms with van der Waals surface area (Å²) in [7, 11) is 0. The Morgan fingerprint density at radius 2 is 1.83 bits per heavy atom. The van der Waals surface area contributed by atoms with Crippen molar-refractivity contribution in [3.63, 3.8) is 0 Å². The third-order valence-electron chi connectivity index (χ3n) is 8.72. The quantitative estimate of drug-likeness (QED) is 0.194. The lowest BCUT2D eigenvalue weighted by atomic mass is 9.82. The van der Waals surface area contributed by atoms with E-state index in [0.717, 1.165) is 11.3 Å². The zero-order valence-corrected chi connectivity index (χ0v) is 26.4. The predicted molar refractivity (Wildman–Crippen MR) is 172 cm³/mol. The number of pyridine rings is 2. The summed E-state index contributed by atoms with van der Waals surface area (Å²) in [5, 5.41) is 20.7. The van der Waals surface area contributed by atoms with Crippen LogP contribution in [-0.4, -0.2) is 65.3 Å². The first kappa shape index (κ1) is 31.8. The number of anilines is 1. The number of nitrogens with zero attached hydrogens (tertiary/aromatic N) is 2. The first-order valence-corrected chi connectivity index (χ1v) is 15.1. The van der Waals surface area contributed by atoms with Gasteiger partial charge < -0.3 is 36.3 Å². The predicted octanol–water partition coefficient (Wildman–Crippen LogP) is 3.35. The van der Waals surface area contributed by atoms with Crippen molar-refractivity contribution in [2.75, 3.05) is 31.7 Å². The first-order valence-electron chi connectivity index (χ1n) is 15.1. The van der Waals surface area contributed by atoms with Crippen LogP contribution in [0.1, 0.15) is 46.7 Å². The average Bonchev–Trinajstić information content (AvgIpc) is 3.36. The number of benzene rings is 2. The van der Waals surface area contributed by atoms with Gasteiger partial charge in [-0.1, -0.05) is 0 Å². The molecule has 2 aliphatic heterocycles. The monoisotopic (exact) mass is 642 g/mol. The molecule has 4 amide bonds. The van der Waals surface area contributed by atoms with Crippen LogP contribution in [0.2, 0.25) is 0 Å². The van der Waals surface area contributed by atoms with Gasteiger partial charge >= 0.3 is 6.03 Å². The molecule has 6 rings (SSSR count). The highest BCUT2D eigenvalue weighted by Crippen LogP contribution is 2.45. The molecule has 1 saturated heterocycles. The van der Waals surface area contributed by atoms with E-state index < -0.39 is 34.7 Å². The fraction of sp³-hybridized carbons (Fsp3) is 0.324. The highest BCUT2D eigenvalue weighted by molar-refractivity contribution is 6.06. The largest absolute Gasteiger partial charge is 0.489 e. The Hall–Kier alpha value is -5.14. The van der Waals surface area contributed by atoms with Crippen LogP contribution in [-0.2, 0) is 20.5 Å². The summed E-state index contributed by atoms with van der Waals surface area (Å²) in [4.78, 5) is 48.1. The van der Waals surface area contributed by atoms with Crippen molar-refractivity contribution in [2.45, 2.75) is 44.8 Å². The fourth-order valence-corrected chi connectivity index (χ4v) is 5.49. The van der Waals surface area contributed by atoms with Gasteiger partial charge in [0.1, 0.15) is 34.9 Å². The average molecular weight is 643 g/mol. The number of hydrogen-bond donors (Lipinski definition) is 5. The molecule has 6 N–H and O–H groups in total. The molecule has 12 nitrogen and oxygen atoms in total. The van der Waals surface area contributed by atoms with Crippen LogP contribution in [0.4, 0.5) is 14.9 Å². The lowest BCUT2D eigenvalue weighted by molar-refractivity contribution is -0.123. The summed E-state index contributed by atoms with van der Waals surface area (Å²) in [5.74, 6) is -1.28.